The largest absolute Gasteiger partial charge is 0.398 e. The third-order valence-electron chi connectivity index (χ3n) is 3.48. The van der Waals surface area contributed by atoms with Crippen molar-refractivity contribution in [1.29, 1.82) is 5.26 Å². The van der Waals surface area contributed by atoms with Crippen LogP contribution in [0, 0.1) is 11.3 Å². The molecule has 0 radical (unpaired) electrons. The minimum absolute atomic E-state index is 0.189. The van der Waals surface area contributed by atoms with Crippen molar-refractivity contribution in [2.75, 3.05) is 16.6 Å². The molecule has 0 saturated heterocycles. The van der Waals surface area contributed by atoms with Gasteiger partial charge in [0, 0.05) is 12.2 Å². The smallest absolute Gasteiger partial charge is 0.273 e. The van der Waals surface area contributed by atoms with Gasteiger partial charge in [-0.2, -0.15) is 5.26 Å². The van der Waals surface area contributed by atoms with Gasteiger partial charge < -0.3 is 5.73 Å². The molecule has 0 aliphatic carbocycles. The molecule has 7 heteroatoms. The summed E-state index contributed by atoms with van der Waals surface area (Å²) in [6, 6.07) is 10.3. The second kappa shape index (κ2) is 5.06. The third kappa shape index (κ3) is 2.26. The Kier molecular flexibility index (Phi) is 3.35. The topological polar surface area (TPSA) is 87.2 Å². The number of nitrogen functional groups attached to an aromatic ring is 1. The molecule has 1 aliphatic rings. The molecular formula is C14H13N3O2S2. The third-order valence-corrected chi connectivity index (χ3v) is 6.75. The Morgan fingerprint density at radius 1 is 1.29 bits per heavy atom. The van der Waals surface area contributed by atoms with Crippen LogP contribution in [0.2, 0.25) is 0 Å². The maximum absolute atomic E-state index is 12.8. The lowest BCUT2D eigenvalue weighted by atomic mass is 10.0. The van der Waals surface area contributed by atoms with Crippen LogP contribution in [0.4, 0.5) is 11.4 Å². The highest BCUT2D eigenvalue weighted by atomic mass is 32.2. The van der Waals surface area contributed by atoms with E-state index in [4.69, 9.17) is 11.0 Å². The van der Waals surface area contributed by atoms with Crippen LogP contribution < -0.4 is 10.0 Å². The zero-order valence-electron chi connectivity index (χ0n) is 11.1. The Morgan fingerprint density at radius 2 is 2.10 bits per heavy atom. The van der Waals surface area contributed by atoms with E-state index in [0.29, 0.717) is 22.8 Å². The molecule has 21 heavy (non-hydrogen) atoms. The minimum Gasteiger partial charge on any atom is -0.398 e. The van der Waals surface area contributed by atoms with E-state index in [1.807, 2.05) is 6.07 Å². The van der Waals surface area contributed by atoms with Crippen LogP contribution in [0.3, 0.4) is 0 Å². The molecule has 108 valence electrons. The van der Waals surface area contributed by atoms with Crippen LogP contribution in [-0.4, -0.2) is 15.0 Å². The maximum atomic E-state index is 12.8. The summed E-state index contributed by atoms with van der Waals surface area (Å²) in [5.41, 5.74) is 8.10. The summed E-state index contributed by atoms with van der Waals surface area (Å²) in [5.74, 6) is 0. The normalized spacial score (nSPS) is 14.5. The Hall–Kier alpha value is -2.04. The summed E-state index contributed by atoms with van der Waals surface area (Å²) >= 11 is 0.990. The predicted molar refractivity (Wildman–Crippen MR) is 82.7 cm³/mol. The van der Waals surface area contributed by atoms with Crippen molar-refractivity contribution in [3.05, 3.63) is 40.8 Å². The summed E-state index contributed by atoms with van der Waals surface area (Å²) in [5, 5.41) is 8.86. The second-order valence-corrected chi connectivity index (χ2v) is 7.93. The number of hydrogen-bond acceptors (Lipinski definition) is 5. The van der Waals surface area contributed by atoms with Gasteiger partial charge >= 0.3 is 0 Å². The van der Waals surface area contributed by atoms with E-state index < -0.39 is 10.0 Å². The average molecular weight is 319 g/mol. The van der Waals surface area contributed by atoms with E-state index in [1.54, 1.807) is 18.2 Å². The highest BCUT2D eigenvalue weighted by Gasteiger charge is 2.30. The second-order valence-electron chi connectivity index (χ2n) is 4.76. The molecule has 0 spiro atoms. The summed E-state index contributed by atoms with van der Waals surface area (Å²) in [7, 11) is -3.64. The van der Waals surface area contributed by atoms with Gasteiger partial charge in [0.1, 0.15) is 15.2 Å². The van der Waals surface area contributed by atoms with E-state index in [1.165, 1.54) is 16.4 Å². The first-order valence-electron chi connectivity index (χ1n) is 6.44. The highest BCUT2D eigenvalue weighted by Crippen LogP contribution is 2.36. The molecule has 2 N–H and O–H groups in total. The van der Waals surface area contributed by atoms with Crippen molar-refractivity contribution in [2.45, 2.75) is 17.1 Å². The van der Waals surface area contributed by atoms with Gasteiger partial charge in [-0.3, -0.25) is 4.31 Å². The fraction of sp³-hybridized carbons (Fsp3) is 0.214. The minimum atomic E-state index is -3.64. The van der Waals surface area contributed by atoms with Gasteiger partial charge in [-0.25, -0.2) is 8.42 Å². The SMILES string of the molecule is N#Cc1ccc(S(=O)(=O)N2CCCc3c(N)cccc32)s1. The van der Waals surface area contributed by atoms with Crippen LogP contribution in [0.1, 0.15) is 16.9 Å². The molecule has 0 unspecified atom stereocenters. The number of fused-ring (bicyclic) bond motifs is 1. The summed E-state index contributed by atoms with van der Waals surface area (Å²) in [6.45, 7) is 0.429. The Morgan fingerprint density at radius 3 is 2.81 bits per heavy atom. The van der Waals surface area contributed by atoms with Crippen LogP contribution in [-0.2, 0) is 16.4 Å². The van der Waals surface area contributed by atoms with Gasteiger partial charge in [-0.15, -0.1) is 11.3 Å². The molecule has 2 heterocycles. The van der Waals surface area contributed by atoms with Crippen molar-refractivity contribution >= 4 is 32.7 Å². The number of sulfonamides is 1. The molecule has 1 aromatic carbocycles. The van der Waals surface area contributed by atoms with Crippen molar-refractivity contribution in [3.63, 3.8) is 0 Å². The number of nitrogens with two attached hydrogens (primary N) is 1. The molecule has 1 aliphatic heterocycles. The predicted octanol–water partition coefficient (Wildman–Crippen LogP) is 2.34. The van der Waals surface area contributed by atoms with Crippen LogP contribution >= 0.6 is 11.3 Å². The Bertz CT molecular complexity index is 834. The number of thiophene rings is 1. The lowest BCUT2D eigenvalue weighted by molar-refractivity contribution is 0.588. The molecule has 0 atom stereocenters. The van der Waals surface area contributed by atoms with E-state index in [-0.39, 0.29) is 4.21 Å². The van der Waals surface area contributed by atoms with Crippen molar-refractivity contribution in [2.24, 2.45) is 0 Å². The quantitative estimate of drug-likeness (QED) is 0.861. The monoisotopic (exact) mass is 319 g/mol. The molecule has 5 nitrogen and oxygen atoms in total. The standard InChI is InChI=1S/C14H13N3O2S2/c15-9-10-6-7-14(20-10)21(18,19)17-8-2-3-11-12(16)4-1-5-13(11)17/h1,4-7H,2-3,8,16H2. The van der Waals surface area contributed by atoms with Crippen molar-refractivity contribution in [3.8, 4) is 6.07 Å². The van der Waals surface area contributed by atoms with Gasteiger partial charge in [0.15, 0.2) is 0 Å². The molecular weight excluding hydrogens is 306 g/mol. The summed E-state index contributed by atoms with van der Waals surface area (Å²) in [4.78, 5) is 0.387. The number of benzene rings is 1. The highest BCUT2D eigenvalue weighted by molar-refractivity contribution is 7.94. The summed E-state index contributed by atoms with van der Waals surface area (Å²) in [6.07, 6.45) is 1.51. The lowest BCUT2D eigenvalue weighted by Gasteiger charge is -2.30. The molecule has 2 aromatic rings. The molecule has 1 aromatic heterocycles. The van der Waals surface area contributed by atoms with E-state index in [0.717, 1.165) is 29.7 Å². The number of hydrogen-bond donors (Lipinski definition) is 1. The zero-order chi connectivity index (χ0) is 15.0. The summed E-state index contributed by atoms with van der Waals surface area (Å²) < 4.78 is 27.1. The van der Waals surface area contributed by atoms with Crippen molar-refractivity contribution in [1.82, 2.24) is 0 Å². The van der Waals surface area contributed by atoms with Gasteiger partial charge in [0.2, 0.25) is 0 Å². The Balaban J connectivity index is 2.10. The van der Waals surface area contributed by atoms with Gasteiger partial charge in [0.05, 0.1) is 5.69 Å². The first kappa shape index (κ1) is 13.9. The molecule has 0 fully saturated rings. The van der Waals surface area contributed by atoms with Crippen molar-refractivity contribution < 1.29 is 8.42 Å². The zero-order valence-corrected chi connectivity index (χ0v) is 12.7. The number of anilines is 2. The molecule has 0 saturated carbocycles. The first-order valence-corrected chi connectivity index (χ1v) is 8.70. The fourth-order valence-corrected chi connectivity index (χ4v) is 5.25. The van der Waals surface area contributed by atoms with Crippen LogP contribution in [0.15, 0.2) is 34.5 Å². The van der Waals surface area contributed by atoms with Crippen LogP contribution in [0.25, 0.3) is 0 Å². The number of nitrogens with zero attached hydrogens (tertiary/aromatic N) is 2. The number of rotatable bonds is 2. The van der Waals surface area contributed by atoms with E-state index in [2.05, 4.69) is 0 Å². The van der Waals surface area contributed by atoms with E-state index in [9.17, 15) is 8.42 Å². The van der Waals surface area contributed by atoms with E-state index >= 15 is 0 Å². The van der Waals surface area contributed by atoms with Gasteiger partial charge in [0.25, 0.3) is 10.0 Å². The first-order chi connectivity index (χ1) is 10.0. The lowest BCUT2D eigenvalue weighted by Crippen LogP contribution is -2.35. The molecule has 0 bridgehead atoms. The fourth-order valence-electron chi connectivity index (χ4n) is 2.50. The molecule has 0 amide bonds. The maximum Gasteiger partial charge on any atom is 0.273 e. The average Bonchev–Trinajstić information content (AvgIpc) is 2.97. The van der Waals surface area contributed by atoms with Gasteiger partial charge in [-0.05, 0) is 42.7 Å². The molecule has 3 rings (SSSR count). The Labute approximate surface area is 127 Å². The van der Waals surface area contributed by atoms with Crippen LogP contribution in [0.5, 0.6) is 0 Å². The number of nitriles is 1. The van der Waals surface area contributed by atoms with Gasteiger partial charge in [-0.1, -0.05) is 6.07 Å².